The number of amidine groups is 1. The largest absolute Gasteiger partial charge is 0.377 e. The summed E-state index contributed by atoms with van der Waals surface area (Å²) in [5.74, 6) is 4.71. The molecule has 0 radical (unpaired) electrons. The van der Waals surface area contributed by atoms with Gasteiger partial charge in [-0.3, -0.25) is 0 Å². The fourth-order valence-corrected chi connectivity index (χ4v) is 1.57. The highest BCUT2D eigenvalue weighted by Crippen LogP contribution is 2.17. The molecule has 4 nitrogen and oxygen atoms in total. The first kappa shape index (κ1) is 11.3. The minimum absolute atomic E-state index is 0.0244. The molecule has 0 saturated heterocycles. The van der Waals surface area contributed by atoms with Crippen LogP contribution < -0.4 is 11.6 Å². The third kappa shape index (κ3) is 2.86. The van der Waals surface area contributed by atoms with Crippen LogP contribution in [0, 0.1) is 17.1 Å². The van der Waals surface area contributed by atoms with E-state index < -0.39 is 5.82 Å². The van der Waals surface area contributed by atoms with Crippen LogP contribution in [0.15, 0.2) is 23.3 Å². The Kier molecular flexibility index (Phi) is 3.94. The zero-order valence-electron chi connectivity index (χ0n) is 7.77. The molecule has 1 aromatic rings. The van der Waals surface area contributed by atoms with Gasteiger partial charge in [0.25, 0.3) is 0 Å². The van der Waals surface area contributed by atoms with Gasteiger partial charge in [0.1, 0.15) is 11.9 Å². The summed E-state index contributed by atoms with van der Waals surface area (Å²) >= 11 is 1.12. The molecule has 6 heteroatoms. The van der Waals surface area contributed by atoms with Gasteiger partial charge in [-0.2, -0.15) is 10.4 Å². The number of hydrogen-bond donors (Lipinski definition) is 2. The predicted octanol–water partition coefficient (Wildman–Crippen LogP) is 1.12. The standard InChI is InChI=1S/C9H9FN4S/c10-8-6(4-11)2-1-3-7(8)5-15-9(12)14-13/h1-3H,5,13H2,(H2,12,14). The average Bonchev–Trinajstić information content (AvgIpc) is 2.27. The number of thioether (sulfide) groups is 1. The molecule has 4 N–H and O–H groups in total. The molecular formula is C9H9FN4S. The van der Waals surface area contributed by atoms with Crippen molar-refractivity contribution in [1.29, 1.82) is 5.26 Å². The fourth-order valence-electron chi connectivity index (χ4n) is 0.967. The number of nitrogens with two attached hydrogens (primary N) is 2. The van der Waals surface area contributed by atoms with Gasteiger partial charge in [0.2, 0.25) is 0 Å². The Morgan fingerprint density at radius 1 is 1.60 bits per heavy atom. The van der Waals surface area contributed by atoms with Crippen molar-refractivity contribution in [2.45, 2.75) is 5.75 Å². The summed E-state index contributed by atoms with van der Waals surface area (Å²) in [5, 5.41) is 12.0. The molecule has 0 heterocycles. The highest BCUT2D eigenvalue weighted by Gasteiger charge is 2.07. The van der Waals surface area contributed by atoms with E-state index >= 15 is 0 Å². The molecule has 0 fully saturated rings. The molecule has 0 atom stereocenters. The second-order valence-corrected chi connectivity index (χ2v) is 3.64. The van der Waals surface area contributed by atoms with Crippen molar-refractivity contribution >= 4 is 16.9 Å². The van der Waals surface area contributed by atoms with Crippen LogP contribution in [0.25, 0.3) is 0 Å². The summed E-state index contributed by atoms with van der Waals surface area (Å²) in [6.07, 6.45) is 0. The summed E-state index contributed by atoms with van der Waals surface area (Å²) in [5.41, 5.74) is 5.77. The summed E-state index contributed by atoms with van der Waals surface area (Å²) in [6.45, 7) is 0. The molecule has 78 valence electrons. The van der Waals surface area contributed by atoms with Crippen LogP contribution in [0.1, 0.15) is 11.1 Å². The molecule has 0 aromatic heterocycles. The quantitative estimate of drug-likeness (QED) is 0.341. The van der Waals surface area contributed by atoms with E-state index in [4.69, 9.17) is 16.8 Å². The zero-order valence-corrected chi connectivity index (χ0v) is 8.59. The first-order chi connectivity index (χ1) is 7.19. The minimum atomic E-state index is -0.516. The van der Waals surface area contributed by atoms with Gasteiger partial charge in [-0.25, -0.2) is 4.39 Å². The molecule has 0 aliphatic rings. The second-order valence-electron chi connectivity index (χ2n) is 2.65. The Balaban J connectivity index is 2.83. The molecule has 0 bridgehead atoms. The van der Waals surface area contributed by atoms with E-state index in [2.05, 4.69) is 5.10 Å². The third-order valence-corrected chi connectivity index (χ3v) is 2.56. The molecule has 15 heavy (non-hydrogen) atoms. The highest BCUT2D eigenvalue weighted by atomic mass is 32.2. The first-order valence-corrected chi connectivity index (χ1v) is 5.01. The van der Waals surface area contributed by atoms with Gasteiger partial charge in [-0.15, -0.1) is 0 Å². The maximum absolute atomic E-state index is 13.5. The van der Waals surface area contributed by atoms with Crippen LogP contribution in [-0.4, -0.2) is 5.17 Å². The molecule has 0 saturated carbocycles. The number of halogens is 1. The van der Waals surface area contributed by atoms with Gasteiger partial charge < -0.3 is 11.6 Å². The number of hydrazone groups is 1. The van der Waals surface area contributed by atoms with Crippen LogP contribution in [0.4, 0.5) is 4.39 Å². The molecule has 0 amide bonds. The van der Waals surface area contributed by atoms with Crippen molar-refractivity contribution in [2.24, 2.45) is 16.7 Å². The number of hydrogen-bond acceptors (Lipinski definition) is 4. The maximum atomic E-state index is 13.5. The van der Waals surface area contributed by atoms with Crippen LogP contribution in [0.3, 0.4) is 0 Å². The van der Waals surface area contributed by atoms with Crippen LogP contribution in [0.5, 0.6) is 0 Å². The Morgan fingerprint density at radius 3 is 2.93 bits per heavy atom. The Hall–Kier alpha value is -1.74. The highest BCUT2D eigenvalue weighted by molar-refractivity contribution is 8.13. The molecule has 0 aliphatic carbocycles. The number of nitriles is 1. The van der Waals surface area contributed by atoms with Crippen molar-refractivity contribution in [3.63, 3.8) is 0 Å². The smallest absolute Gasteiger partial charge is 0.177 e. The Labute approximate surface area is 90.8 Å². The Morgan fingerprint density at radius 2 is 2.33 bits per heavy atom. The van der Waals surface area contributed by atoms with Crippen molar-refractivity contribution in [2.75, 3.05) is 0 Å². The molecule has 1 rings (SSSR count). The van der Waals surface area contributed by atoms with Crippen LogP contribution in [-0.2, 0) is 5.75 Å². The second kappa shape index (κ2) is 5.22. The van der Waals surface area contributed by atoms with Crippen molar-refractivity contribution < 1.29 is 4.39 Å². The van der Waals surface area contributed by atoms with Gasteiger partial charge in [0.15, 0.2) is 5.17 Å². The van der Waals surface area contributed by atoms with E-state index in [1.54, 1.807) is 18.2 Å². The van der Waals surface area contributed by atoms with Crippen molar-refractivity contribution in [3.8, 4) is 6.07 Å². The summed E-state index contributed by atoms with van der Waals surface area (Å²) < 4.78 is 13.5. The predicted molar refractivity (Wildman–Crippen MR) is 58.2 cm³/mol. The molecule has 0 unspecified atom stereocenters. The Bertz CT molecular complexity index is 425. The van der Waals surface area contributed by atoms with Gasteiger partial charge in [-0.1, -0.05) is 23.9 Å². The van der Waals surface area contributed by atoms with E-state index in [1.165, 1.54) is 6.07 Å². The van der Waals surface area contributed by atoms with Crippen molar-refractivity contribution in [1.82, 2.24) is 0 Å². The topological polar surface area (TPSA) is 88.2 Å². The van der Waals surface area contributed by atoms with Crippen LogP contribution >= 0.6 is 11.8 Å². The number of benzene rings is 1. The normalized spacial score (nSPS) is 11.1. The van der Waals surface area contributed by atoms with Gasteiger partial charge in [0, 0.05) is 5.75 Å². The lowest BCUT2D eigenvalue weighted by Gasteiger charge is -2.02. The van der Waals surface area contributed by atoms with E-state index in [1.807, 2.05) is 0 Å². The van der Waals surface area contributed by atoms with E-state index in [0.717, 1.165) is 11.8 Å². The number of rotatable bonds is 2. The third-order valence-electron chi connectivity index (χ3n) is 1.70. The summed E-state index contributed by atoms with van der Waals surface area (Å²) in [4.78, 5) is 0. The van der Waals surface area contributed by atoms with Crippen LogP contribution in [0.2, 0.25) is 0 Å². The minimum Gasteiger partial charge on any atom is -0.377 e. The van der Waals surface area contributed by atoms with E-state index in [0.29, 0.717) is 11.3 Å². The zero-order chi connectivity index (χ0) is 11.3. The lowest BCUT2D eigenvalue weighted by atomic mass is 10.1. The fraction of sp³-hybridized carbons (Fsp3) is 0.111. The first-order valence-electron chi connectivity index (χ1n) is 4.02. The molecular weight excluding hydrogens is 215 g/mol. The van der Waals surface area contributed by atoms with Gasteiger partial charge >= 0.3 is 0 Å². The monoisotopic (exact) mass is 224 g/mol. The lowest BCUT2D eigenvalue weighted by molar-refractivity contribution is 0.613. The SMILES string of the molecule is N#Cc1cccc(CS/C(N)=N\N)c1F. The van der Waals surface area contributed by atoms with E-state index in [9.17, 15) is 4.39 Å². The average molecular weight is 224 g/mol. The lowest BCUT2D eigenvalue weighted by Crippen LogP contribution is -2.09. The maximum Gasteiger partial charge on any atom is 0.177 e. The summed E-state index contributed by atoms with van der Waals surface area (Å²) in [6, 6.07) is 6.40. The molecule has 1 aromatic carbocycles. The van der Waals surface area contributed by atoms with Crippen molar-refractivity contribution in [3.05, 3.63) is 35.1 Å². The van der Waals surface area contributed by atoms with Gasteiger partial charge in [0.05, 0.1) is 5.56 Å². The molecule has 0 spiro atoms. The summed E-state index contributed by atoms with van der Waals surface area (Å²) in [7, 11) is 0. The van der Waals surface area contributed by atoms with E-state index in [-0.39, 0.29) is 10.7 Å². The number of nitrogens with zero attached hydrogens (tertiary/aromatic N) is 2. The molecule has 0 aliphatic heterocycles. The van der Waals surface area contributed by atoms with Gasteiger partial charge in [-0.05, 0) is 11.6 Å².